The maximum absolute atomic E-state index is 13.2. The van der Waals surface area contributed by atoms with Crippen molar-refractivity contribution in [3.05, 3.63) is 69.9 Å². The Hall–Kier alpha value is -1.52. The highest BCUT2D eigenvalue weighted by atomic mass is 79.9. The Morgan fingerprint density at radius 2 is 1.90 bits per heavy atom. The molecule has 0 amide bonds. The summed E-state index contributed by atoms with van der Waals surface area (Å²) < 4.78 is 13.9. The van der Waals surface area contributed by atoms with Gasteiger partial charge in [-0.25, -0.2) is 4.39 Å². The quantitative estimate of drug-likeness (QED) is 0.903. The first kappa shape index (κ1) is 14.9. The third-order valence-electron chi connectivity index (χ3n) is 3.07. The second-order valence-corrected chi connectivity index (χ2v) is 5.53. The molecule has 0 aliphatic carbocycles. The number of ketones is 1. The molecule has 0 spiro atoms. The zero-order valence-electron chi connectivity index (χ0n) is 10.9. The van der Waals surface area contributed by atoms with Gasteiger partial charge in [-0.05, 0) is 29.3 Å². The van der Waals surface area contributed by atoms with Crippen molar-refractivity contribution in [2.45, 2.75) is 18.9 Å². The van der Waals surface area contributed by atoms with E-state index in [-0.39, 0.29) is 30.5 Å². The van der Waals surface area contributed by atoms with Gasteiger partial charge >= 0.3 is 0 Å². The smallest absolute Gasteiger partial charge is 0.139 e. The number of benzene rings is 2. The molecule has 0 radical (unpaired) electrons. The van der Waals surface area contributed by atoms with Crippen molar-refractivity contribution in [2.24, 2.45) is 5.73 Å². The van der Waals surface area contributed by atoms with Crippen LogP contribution in [0, 0.1) is 5.82 Å². The molecule has 4 heteroatoms. The molecule has 2 aromatic rings. The van der Waals surface area contributed by atoms with E-state index in [0.29, 0.717) is 5.56 Å². The molecule has 20 heavy (non-hydrogen) atoms. The highest BCUT2D eigenvalue weighted by Crippen LogP contribution is 2.21. The van der Waals surface area contributed by atoms with Crippen molar-refractivity contribution in [1.29, 1.82) is 0 Å². The Balaban J connectivity index is 2.01. The molecule has 1 unspecified atom stereocenters. The van der Waals surface area contributed by atoms with Crippen LogP contribution < -0.4 is 5.73 Å². The van der Waals surface area contributed by atoms with E-state index < -0.39 is 0 Å². The van der Waals surface area contributed by atoms with Crippen LogP contribution in [-0.4, -0.2) is 5.78 Å². The lowest BCUT2D eigenvalue weighted by Crippen LogP contribution is -2.16. The van der Waals surface area contributed by atoms with Crippen LogP contribution in [0.15, 0.2) is 53.0 Å². The van der Waals surface area contributed by atoms with Gasteiger partial charge in [0.05, 0.1) is 0 Å². The molecule has 104 valence electrons. The van der Waals surface area contributed by atoms with Gasteiger partial charge in [-0.3, -0.25) is 4.79 Å². The summed E-state index contributed by atoms with van der Waals surface area (Å²) >= 11 is 3.32. The number of halogens is 2. The minimum Gasteiger partial charge on any atom is -0.324 e. The van der Waals surface area contributed by atoms with Gasteiger partial charge in [0, 0.05) is 23.4 Å². The summed E-state index contributed by atoms with van der Waals surface area (Å²) in [6.07, 6.45) is 0.422. The first-order valence-corrected chi connectivity index (χ1v) is 7.11. The average Bonchev–Trinajstić information content (AvgIpc) is 2.43. The maximum atomic E-state index is 13.2. The summed E-state index contributed by atoms with van der Waals surface area (Å²) in [4.78, 5) is 12.0. The second kappa shape index (κ2) is 6.77. The predicted octanol–water partition coefficient (Wildman–Crippen LogP) is 3.79. The largest absolute Gasteiger partial charge is 0.324 e. The van der Waals surface area contributed by atoms with E-state index in [2.05, 4.69) is 15.9 Å². The minimum absolute atomic E-state index is 0.00680. The molecule has 0 aliphatic heterocycles. The lowest BCUT2D eigenvalue weighted by Gasteiger charge is -2.11. The van der Waals surface area contributed by atoms with Crippen molar-refractivity contribution in [2.75, 3.05) is 0 Å². The fourth-order valence-corrected chi connectivity index (χ4v) is 2.41. The molecule has 0 saturated heterocycles. The molecule has 2 N–H and O–H groups in total. The van der Waals surface area contributed by atoms with Crippen molar-refractivity contribution < 1.29 is 9.18 Å². The van der Waals surface area contributed by atoms with E-state index in [1.807, 2.05) is 30.3 Å². The molecule has 1 atom stereocenters. The van der Waals surface area contributed by atoms with Gasteiger partial charge in [-0.15, -0.1) is 0 Å². The molecule has 0 fully saturated rings. The molecule has 0 saturated carbocycles. The maximum Gasteiger partial charge on any atom is 0.139 e. The van der Waals surface area contributed by atoms with E-state index in [1.165, 1.54) is 12.1 Å². The molecule has 2 rings (SSSR count). The fraction of sp³-hybridized carbons (Fsp3) is 0.188. The zero-order chi connectivity index (χ0) is 14.5. The third-order valence-corrected chi connectivity index (χ3v) is 3.84. The predicted molar refractivity (Wildman–Crippen MR) is 80.8 cm³/mol. The first-order valence-electron chi connectivity index (χ1n) is 6.32. The standard InChI is InChI=1S/C16H15BrFNO/c17-15-7-6-13(18)8-12(15)9-14(20)10-16(19)11-4-2-1-3-5-11/h1-8,16H,9-10,19H2. The summed E-state index contributed by atoms with van der Waals surface area (Å²) in [6.45, 7) is 0. The third kappa shape index (κ3) is 3.99. The summed E-state index contributed by atoms with van der Waals surface area (Å²) in [5.74, 6) is -0.351. The first-order chi connectivity index (χ1) is 9.56. The molecule has 2 aromatic carbocycles. The number of hydrogen-bond acceptors (Lipinski definition) is 2. The number of hydrogen-bond donors (Lipinski definition) is 1. The zero-order valence-corrected chi connectivity index (χ0v) is 12.4. The van der Waals surface area contributed by atoms with Crippen LogP contribution in [0.4, 0.5) is 4.39 Å². The SMILES string of the molecule is NC(CC(=O)Cc1cc(F)ccc1Br)c1ccccc1. The molecular weight excluding hydrogens is 321 g/mol. The van der Waals surface area contributed by atoms with Gasteiger partial charge in [-0.1, -0.05) is 46.3 Å². The Morgan fingerprint density at radius 1 is 1.20 bits per heavy atom. The lowest BCUT2D eigenvalue weighted by atomic mass is 9.99. The van der Waals surface area contributed by atoms with E-state index in [0.717, 1.165) is 10.0 Å². The van der Waals surface area contributed by atoms with Gasteiger partial charge in [0.1, 0.15) is 11.6 Å². The molecule has 2 nitrogen and oxygen atoms in total. The lowest BCUT2D eigenvalue weighted by molar-refractivity contribution is -0.118. The molecule has 0 aromatic heterocycles. The van der Waals surface area contributed by atoms with E-state index in [4.69, 9.17) is 5.73 Å². The van der Waals surface area contributed by atoms with E-state index >= 15 is 0 Å². The van der Waals surface area contributed by atoms with E-state index in [9.17, 15) is 9.18 Å². The van der Waals surface area contributed by atoms with Crippen LogP contribution >= 0.6 is 15.9 Å². The van der Waals surface area contributed by atoms with Gasteiger partial charge in [-0.2, -0.15) is 0 Å². The van der Waals surface area contributed by atoms with Crippen LogP contribution in [0.5, 0.6) is 0 Å². The average molecular weight is 336 g/mol. The topological polar surface area (TPSA) is 43.1 Å². The Labute approximate surface area is 125 Å². The van der Waals surface area contributed by atoms with Crippen molar-refractivity contribution in [1.82, 2.24) is 0 Å². The van der Waals surface area contributed by atoms with Crippen molar-refractivity contribution in [3.8, 4) is 0 Å². The Morgan fingerprint density at radius 3 is 2.60 bits per heavy atom. The van der Waals surface area contributed by atoms with Crippen LogP contribution in [0.1, 0.15) is 23.6 Å². The van der Waals surface area contributed by atoms with E-state index in [1.54, 1.807) is 6.07 Å². The monoisotopic (exact) mass is 335 g/mol. The Bertz CT molecular complexity index is 601. The summed E-state index contributed by atoms with van der Waals surface area (Å²) in [5.41, 5.74) is 7.59. The van der Waals surface area contributed by atoms with Gasteiger partial charge < -0.3 is 5.73 Å². The number of rotatable bonds is 5. The van der Waals surface area contributed by atoms with Crippen LogP contribution in [-0.2, 0) is 11.2 Å². The number of carbonyl (C=O) groups is 1. The highest BCUT2D eigenvalue weighted by molar-refractivity contribution is 9.10. The normalized spacial score (nSPS) is 12.2. The summed E-state index contributed by atoms with van der Waals surface area (Å²) in [5, 5.41) is 0. The molecule has 0 heterocycles. The second-order valence-electron chi connectivity index (χ2n) is 4.67. The Kier molecular flexibility index (Phi) is 5.04. The van der Waals surface area contributed by atoms with Gasteiger partial charge in [0.15, 0.2) is 0 Å². The molecule has 0 bridgehead atoms. The van der Waals surface area contributed by atoms with Crippen LogP contribution in [0.25, 0.3) is 0 Å². The number of Topliss-reactive ketones (excluding diaryl/α,β-unsaturated/α-hetero) is 1. The summed E-state index contributed by atoms with van der Waals surface area (Å²) in [6, 6.07) is 13.5. The molecular formula is C16H15BrFNO. The van der Waals surface area contributed by atoms with Crippen molar-refractivity contribution >= 4 is 21.7 Å². The molecule has 0 aliphatic rings. The highest BCUT2D eigenvalue weighted by Gasteiger charge is 2.13. The number of carbonyl (C=O) groups excluding carboxylic acids is 1. The summed E-state index contributed by atoms with van der Waals surface area (Å²) in [7, 11) is 0. The van der Waals surface area contributed by atoms with Crippen molar-refractivity contribution in [3.63, 3.8) is 0 Å². The van der Waals surface area contributed by atoms with Gasteiger partial charge in [0.2, 0.25) is 0 Å². The van der Waals surface area contributed by atoms with Crippen LogP contribution in [0.3, 0.4) is 0 Å². The fourth-order valence-electron chi connectivity index (χ4n) is 2.03. The van der Waals surface area contributed by atoms with Gasteiger partial charge in [0.25, 0.3) is 0 Å². The minimum atomic E-state index is -0.344. The number of nitrogens with two attached hydrogens (primary N) is 1. The van der Waals surface area contributed by atoms with Crippen LogP contribution in [0.2, 0.25) is 0 Å².